The molecule has 0 bridgehead atoms. The van der Waals surface area contributed by atoms with E-state index in [-0.39, 0.29) is 17.6 Å². The van der Waals surface area contributed by atoms with E-state index in [1.54, 1.807) is 37.5 Å². The Kier molecular flexibility index (Phi) is 7.88. The van der Waals surface area contributed by atoms with Gasteiger partial charge in [-0.3, -0.25) is 14.6 Å². The number of furan rings is 1. The van der Waals surface area contributed by atoms with E-state index in [1.165, 1.54) is 12.1 Å². The first-order valence-electron chi connectivity index (χ1n) is 14.5. The number of benzene rings is 3. The molecule has 2 amide bonds. The predicted molar refractivity (Wildman–Crippen MR) is 167 cm³/mol. The topological polar surface area (TPSA) is 96.7 Å². The van der Waals surface area contributed by atoms with Gasteiger partial charge < -0.3 is 24.7 Å². The van der Waals surface area contributed by atoms with Gasteiger partial charge in [0, 0.05) is 41.9 Å². The molecule has 1 saturated carbocycles. The highest BCUT2D eigenvalue weighted by atomic mass is 19.1. The largest absolute Gasteiger partial charge is 0.492 e. The summed E-state index contributed by atoms with van der Waals surface area (Å²) in [6.45, 7) is 1.15. The Balaban J connectivity index is 1.41. The zero-order valence-electron chi connectivity index (χ0n) is 24.8. The van der Waals surface area contributed by atoms with Crippen molar-refractivity contribution in [1.82, 2.24) is 20.5 Å². The molecular formula is C35H33FN4O4. The summed E-state index contributed by atoms with van der Waals surface area (Å²) in [6.07, 6.45) is 3.38. The summed E-state index contributed by atoms with van der Waals surface area (Å²) in [5.41, 5.74) is 3.73. The van der Waals surface area contributed by atoms with Crippen molar-refractivity contribution in [2.45, 2.75) is 18.4 Å². The molecule has 1 aliphatic rings. The zero-order valence-corrected chi connectivity index (χ0v) is 24.8. The summed E-state index contributed by atoms with van der Waals surface area (Å²) in [5, 5.41) is 6.48. The second-order valence-corrected chi connectivity index (χ2v) is 11.2. The minimum Gasteiger partial charge on any atom is -0.492 e. The minimum absolute atomic E-state index is 0.205. The van der Waals surface area contributed by atoms with Crippen LogP contribution in [0, 0.1) is 5.82 Å². The average molecular weight is 593 g/mol. The molecule has 0 atom stereocenters. The Hall–Kier alpha value is -5.02. The first kappa shape index (κ1) is 29.1. The van der Waals surface area contributed by atoms with E-state index in [4.69, 9.17) is 9.15 Å². The van der Waals surface area contributed by atoms with Crippen molar-refractivity contribution in [2.75, 3.05) is 34.3 Å². The number of carbonyl (C=O) groups excluding carboxylic acids is 2. The molecule has 3 aromatic carbocycles. The molecule has 0 aliphatic heterocycles. The number of rotatable bonds is 10. The standard InChI is InChI=1S/C35H33FN4O4/c1-37-34(42)31-27-20-23(9-14-29(27)44-32(31)22-7-11-25(36)12-8-22)26-21-24(10-13-28(26)43-19-18-40(2)3)33(41)39-35(15-16-35)30-6-4-5-17-38-30/h4-14,17,20-21H,15-16,18-19H2,1-3H3,(H,37,42)(H,39,41). The lowest BCUT2D eigenvalue weighted by atomic mass is 9.97. The summed E-state index contributed by atoms with van der Waals surface area (Å²) in [5.74, 6) is 0.0315. The lowest BCUT2D eigenvalue weighted by Crippen LogP contribution is -2.35. The first-order valence-corrected chi connectivity index (χ1v) is 14.5. The summed E-state index contributed by atoms with van der Waals surface area (Å²) in [7, 11) is 5.49. The lowest BCUT2D eigenvalue weighted by molar-refractivity contribution is 0.0928. The SMILES string of the molecule is CNC(=O)c1c(-c2ccc(F)cc2)oc2ccc(-c3cc(C(=O)NC4(c5ccccn5)CC4)ccc3OCCN(C)C)cc12. The first-order chi connectivity index (χ1) is 21.3. The number of pyridine rings is 1. The monoisotopic (exact) mass is 592 g/mol. The van der Waals surface area contributed by atoms with Crippen LogP contribution >= 0.6 is 0 Å². The Morgan fingerprint density at radius 3 is 2.43 bits per heavy atom. The van der Waals surface area contributed by atoms with Gasteiger partial charge in [0.15, 0.2) is 0 Å². The molecule has 5 aromatic rings. The average Bonchev–Trinajstić information content (AvgIpc) is 3.72. The molecule has 0 unspecified atom stereocenters. The van der Waals surface area contributed by atoms with E-state index < -0.39 is 5.54 Å². The third-order valence-corrected chi connectivity index (χ3v) is 7.86. The fourth-order valence-corrected chi connectivity index (χ4v) is 5.29. The quantitative estimate of drug-likeness (QED) is 0.206. The number of carbonyl (C=O) groups is 2. The molecule has 2 aromatic heterocycles. The smallest absolute Gasteiger partial charge is 0.255 e. The molecule has 9 heteroatoms. The molecule has 44 heavy (non-hydrogen) atoms. The molecule has 1 aliphatic carbocycles. The van der Waals surface area contributed by atoms with Crippen molar-refractivity contribution in [3.63, 3.8) is 0 Å². The van der Waals surface area contributed by atoms with Gasteiger partial charge in [0.2, 0.25) is 0 Å². The van der Waals surface area contributed by atoms with Crippen LogP contribution in [0.1, 0.15) is 39.3 Å². The number of nitrogens with zero attached hydrogens (tertiary/aromatic N) is 2. The van der Waals surface area contributed by atoms with Gasteiger partial charge in [0.25, 0.3) is 11.8 Å². The predicted octanol–water partition coefficient (Wildman–Crippen LogP) is 6.02. The van der Waals surface area contributed by atoms with Crippen molar-refractivity contribution in [1.29, 1.82) is 0 Å². The van der Waals surface area contributed by atoms with Gasteiger partial charge in [0.1, 0.15) is 29.5 Å². The number of hydrogen-bond donors (Lipinski definition) is 2. The number of likely N-dealkylation sites (N-methyl/N-ethyl adjacent to an activating group) is 1. The number of aromatic nitrogens is 1. The van der Waals surface area contributed by atoms with E-state index in [0.717, 1.165) is 24.1 Å². The zero-order chi connectivity index (χ0) is 30.8. The molecule has 0 spiro atoms. The highest BCUT2D eigenvalue weighted by molar-refractivity contribution is 6.12. The van der Waals surface area contributed by atoms with Crippen LogP contribution in [0.3, 0.4) is 0 Å². The van der Waals surface area contributed by atoms with Crippen LogP contribution in [0.2, 0.25) is 0 Å². The van der Waals surface area contributed by atoms with E-state index in [1.807, 2.05) is 61.5 Å². The van der Waals surface area contributed by atoms with Crippen LogP contribution in [-0.2, 0) is 5.54 Å². The van der Waals surface area contributed by atoms with Crippen LogP contribution in [0.25, 0.3) is 33.4 Å². The number of ether oxygens (including phenoxy) is 1. The fraction of sp³-hybridized carbons (Fsp3) is 0.229. The maximum Gasteiger partial charge on any atom is 0.255 e. The summed E-state index contributed by atoms with van der Waals surface area (Å²) in [4.78, 5) is 33.2. The highest BCUT2D eigenvalue weighted by Gasteiger charge is 2.47. The molecule has 2 heterocycles. The fourth-order valence-electron chi connectivity index (χ4n) is 5.29. The van der Waals surface area contributed by atoms with Gasteiger partial charge in [-0.2, -0.15) is 0 Å². The second kappa shape index (κ2) is 11.9. The van der Waals surface area contributed by atoms with E-state index >= 15 is 0 Å². The van der Waals surface area contributed by atoms with Gasteiger partial charge in [0.05, 0.1) is 16.8 Å². The molecule has 1 fully saturated rings. The molecule has 2 N–H and O–H groups in total. The molecule has 0 radical (unpaired) electrons. The van der Waals surface area contributed by atoms with Crippen molar-refractivity contribution in [3.8, 4) is 28.2 Å². The van der Waals surface area contributed by atoms with Crippen molar-refractivity contribution in [2.24, 2.45) is 0 Å². The molecule has 224 valence electrons. The van der Waals surface area contributed by atoms with Gasteiger partial charge in [-0.05, 0) is 99.2 Å². The third kappa shape index (κ3) is 5.78. The molecule has 6 rings (SSSR count). The Bertz CT molecular complexity index is 1830. The Labute approximate surface area is 254 Å². The highest BCUT2D eigenvalue weighted by Crippen LogP contribution is 2.45. The van der Waals surface area contributed by atoms with E-state index in [9.17, 15) is 14.0 Å². The summed E-state index contributed by atoms with van der Waals surface area (Å²) < 4.78 is 26.0. The van der Waals surface area contributed by atoms with Crippen LogP contribution in [0.5, 0.6) is 5.75 Å². The van der Waals surface area contributed by atoms with Gasteiger partial charge in [-0.25, -0.2) is 4.39 Å². The van der Waals surface area contributed by atoms with Crippen LogP contribution in [-0.4, -0.2) is 56.0 Å². The Morgan fingerprint density at radius 2 is 1.75 bits per heavy atom. The van der Waals surface area contributed by atoms with Crippen molar-refractivity contribution in [3.05, 3.63) is 108 Å². The van der Waals surface area contributed by atoms with Gasteiger partial charge >= 0.3 is 0 Å². The van der Waals surface area contributed by atoms with Gasteiger partial charge in [-0.15, -0.1) is 0 Å². The number of fused-ring (bicyclic) bond motifs is 1. The number of amides is 2. The lowest BCUT2D eigenvalue weighted by Gasteiger charge is -2.18. The van der Waals surface area contributed by atoms with Gasteiger partial charge in [-0.1, -0.05) is 12.1 Å². The minimum atomic E-state index is -0.464. The maximum atomic E-state index is 13.7. The number of hydrogen-bond acceptors (Lipinski definition) is 6. The maximum absolute atomic E-state index is 13.7. The molecular weight excluding hydrogens is 559 g/mol. The second-order valence-electron chi connectivity index (χ2n) is 11.2. The van der Waals surface area contributed by atoms with E-state index in [2.05, 4.69) is 15.6 Å². The molecule has 0 saturated heterocycles. The van der Waals surface area contributed by atoms with E-state index in [0.29, 0.717) is 57.9 Å². The number of nitrogens with one attached hydrogen (secondary N) is 2. The molecule has 8 nitrogen and oxygen atoms in total. The summed E-state index contributed by atoms with van der Waals surface area (Å²) in [6, 6.07) is 22.5. The number of halogens is 1. The van der Waals surface area contributed by atoms with Crippen LogP contribution in [0.4, 0.5) is 4.39 Å². The Morgan fingerprint density at radius 1 is 0.977 bits per heavy atom. The summed E-state index contributed by atoms with van der Waals surface area (Å²) >= 11 is 0. The normalized spacial score (nSPS) is 13.6. The van der Waals surface area contributed by atoms with Crippen LogP contribution in [0.15, 0.2) is 89.5 Å². The van der Waals surface area contributed by atoms with Crippen molar-refractivity contribution < 1.29 is 23.1 Å². The van der Waals surface area contributed by atoms with Crippen LogP contribution < -0.4 is 15.4 Å². The third-order valence-electron chi connectivity index (χ3n) is 7.86. The van der Waals surface area contributed by atoms with Crippen molar-refractivity contribution >= 4 is 22.8 Å².